The van der Waals surface area contributed by atoms with Crippen LogP contribution in [0.15, 0.2) is 12.1 Å². The highest BCUT2D eigenvalue weighted by Crippen LogP contribution is 2.41. The van der Waals surface area contributed by atoms with Crippen molar-refractivity contribution in [3.05, 3.63) is 23.3 Å². The van der Waals surface area contributed by atoms with Crippen LogP contribution in [0.25, 0.3) is 0 Å². The molecule has 0 spiro atoms. The Hall–Kier alpha value is -1.70. The van der Waals surface area contributed by atoms with Crippen LogP contribution in [0.2, 0.25) is 0 Å². The van der Waals surface area contributed by atoms with Crippen molar-refractivity contribution in [3.63, 3.8) is 0 Å². The first-order chi connectivity index (χ1) is 17.8. The first kappa shape index (κ1) is 33.5. The SMILES string of the molecule is CN(C)CCCOC1C(C(O)CO)OC2OC(C)(C)OC21.COc1c(C(=O)O)ccc2c1CCC(C)(C)O2.Cl. The Kier molecular flexibility index (Phi) is 11.8. The number of hydrogen-bond donors (Lipinski definition) is 3. The second-order valence-corrected chi connectivity index (χ2v) is 11.1. The maximum Gasteiger partial charge on any atom is 0.339 e. The number of benzene rings is 1. The van der Waals surface area contributed by atoms with Crippen molar-refractivity contribution >= 4 is 18.4 Å². The van der Waals surface area contributed by atoms with Crippen molar-refractivity contribution in [2.75, 3.05) is 41.0 Å². The van der Waals surface area contributed by atoms with Crippen LogP contribution in [0.4, 0.5) is 0 Å². The smallest absolute Gasteiger partial charge is 0.339 e. The van der Waals surface area contributed by atoms with Crippen LogP contribution in [0.5, 0.6) is 11.5 Å². The molecule has 0 aromatic heterocycles. The van der Waals surface area contributed by atoms with Gasteiger partial charge in [0.2, 0.25) is 0 Å². The molecule has 3 aliphatic rings. The molecule has 224 valence electrons. The lowest BCUT2D eigenvalue weighted by molar-refractivity contribution is -0.231. The minimum Gasteiger partial charge on any atom is -0.495 e. The van der Waals surface area contributed by atoms with Crippen molar-refractivity contribution in [1.82, 2.24) is 4.90 Å². The topological polar surface area (TPSA) is 136 Å². The molecule has 3 heterocycles. The molecular weight excluding hydrogens is 534 g/mol. The summed E-state index contributed by atoms with van der Waals surface area (Å²) in [6.07, 6.45) is -0.555. The summed E-state index contributed by atoms with van der Waals surface area (Å²) < 4.78 is 34.0. The predicted octanol–water partition coefficient (Wildman–Crippen LogP) is 2.47. The van der Waals surface area contributed by atoms with Crippen molar-refractivity contribution in [2.45, 2.75) is 89.1 Å². The van der Waals surface area contributed by atoms with E-state index in [-0.39, 0.29) is 36.3 Å². The fourth-order valence-corrected chi connectivity index (χ4v) is 4.83. The monoisotopic (exact) mass is 577 g/mol. The van der Waals surface area contributed by atoms with E-state index in [4.69, 9.17) is 38.6 Å². The molecule has 1 aromatic rings. The van der Waals surface area contributed by atoms with E-state index in [0.717, 1.165) is 37.1 Å². The van der Waals surface area contributed by atoms with E-state index in [2.05, 4.69) is 4.90 Å². The summed E-state index contributed by atoms with van der Waals surface area (Å²) in [5.74, 6) is -0.557. The van der Waals surface area contributed by atoms with Crippen LogP contribution in [0, 0.1) is 0 Å². The molecule has 0 amide bonds. The van der Waals surface area contributed by atoms with E-state index in [0.29, 0.717) is 12.4 Å². The summed E-state index contributed by atoms with van der Waals surface area (Å²) in [5.41, 5.74) is 0.837. The summed E-state index contributed by atoms with van der Waals surface area (Å²) >= 11 is 0. The number of aliphatic hydroxyl groups is 2. The molecule has 5 unspecified atom stereocenters. The maximum atomic E-state index is 11.1. The van der Waals surface area contributed by atoms with Gasteiger partial charge in [-0.2, -0.15) is 0 Å². The number of carboxylic acids is 1. The van der Waals surface area contributed by atoms with Crippen LogP contribution in [0.3, 0.4) is 0 Å². The van der Waals surface area contributed by atoms with Gasteiger partial charge in [0.1, 0.15) is 47.1 Å². The molecule has 0 radical (unpaired) electrons. The minimum absolute atomic E-state index is 0. The second-order valence-electron chi connectivity index (χ2n) is 11.1. The van der Waals surface area contributed by atoms with E-state index < -0.39 is 36.4 Å². The van der Waals surface area contributed by atoms with Crippen LogP contribution in [-0.4, -0.2) is 109 Å². The number of nitrogens with zero attached hydrogens (tertiary/aromatic N) is 1. The molecule has 0 bridgehead atoms. The third-order valence-corrected chi connectivity index (χ3v) is 6.67. The Morgan fingerprint density at radius 2 is 1.90 bits per heavy atom. The Bertz CT molecular complexity index is 957. The molecule has 2 fully saturated rings. The predicted molar refractivity (Wildman–Crippen MR) is 145 cm³/mol. The van der Waals surface area contributed by atoms with E-state index in [9.17, 15) is 9.90 Å². The molecule has 3 N–H and O–H groups in total. The lowest BCUT2D eigenvalue weighted by atomic mass is 9.92. The van der Waals surface area contributed by atoms with Crippen molar-refractivity contribution in [2.24, 2.45) is 0 Å². The van der Waals surface area contributed by atoms with Crippen molar-refractivity contribution < 1.29 is 48.5 Å². The van der Waals surface area contributed by atoms with Gasteiger partial charge in [-0.1, -0.05) is 0 Å². The number of fused-ring (bicyclic) bond motifs is 2. The highest BCUT2D eigenvalue weighted by atomic mass is 35.5. The fourth-order valence-electron chi connectivity index (χ4n) is 4.83. The van der Waals surface area contributed by atoms with E-state index >= 15 is 0 Å². The number of methoxy groups -OCH3 is 1. The molecule has 4 rings (SSSR count). The quantitative estimate of drug-likeness (QED) is 0.373. The standard InChI is InChI=1S/C14H27NO6.C13H16O4.ClH/c1-14(2)20-12-11(18-7-5-6-15(3)4)10(9(17)8-16)19-13(12)21-14;1-13(2)7-6-8-10(17-13)5-4-9(12(14)15)11(8)16-3;/h9-13,16-17H,5-8H2,1-4H3;4-5H,6-7H2,1-3H3,(H,14,15);1H. The molecule has 1 aromatic carbocycles. The fraction of sp³-hybridized carbons (Fsp3) is 0.741. The normalized spacial score (nSPS) is 26.8. The van der Waals surface area contributed by atoms with Gasteiger partial charge in [0.25, 0.3) is 0 Å². The number of aromatic carboxylic acids is 1. The summed E-state index contributed by atoms with van der Waals surface area (Å²) in [7, 11) is 5.49. The zero-order chi connectivity index (χ0) is 28.3. The van der Waals surface area contributed by atoms with Crippen LogP contribution < -0.4 is 9.47 Å². The number of ether oxygens (including phenoxy) is 6. The summed E-state index contributed by atoms with van der Waals surface area (Å²) in [6.45, 7) is 8.74. The van der Waals surface area contributed by atoms with Gasteiger partial charge in [0, 0.05) is 12.2 Å². The summed E-state index contributed by atoms with van der Waals surface area (Å²) in [6, 6.07) is 3.24. The summed E-state index contributed by atoms with van der Waals surface area (Å²) in [4.78, 5) is 13.2. The number of aliphatic hydroxyl groups excluding tert-OH is 2. The zero-order valence-electron chi connectivity index (χ0n) is 23.8. The van der Waals surface area contributed by atoms with Crippen LogP contribution in [0.1, 0.15) is 56.5 Å². The lowest BCUT2D eigenvalue weighted by Crippen LogP contribution is -2.44. The highest BCUT2D eigenvalue weighted by molar-refractivity contribution is 5.92. The first-order valence-electron chi connectivity index (χ1n) is 13.0. The van der Waals surface area contributed by atoms with Gasteiger partial charge in [-0.15, -0.1) is 12.4 Å². The van der Waals surface area contributed by atoms with E-state index in [1.54, 1.807) is 6.07 Å². The molecule has 39 heavy (non-hydrogen) atoms. The van der Waals surface area contributed by atoms with Crippen molar-refractivity contribution in [3.8, 4) is 11.5 Å². The molecule has 5 atom stereocenters. The van der Waals surface area contributed by atoms with Crippen LogP contribution in [-0.2, 0) is 25.4 Å². The average Bonchev–Trinajstić information content (AvgIpc) is 3.31. The van der Waals surface area contributed by atoms with Crippen LogP contribution >= 0.6 is 12.4 Å². The third kappa shape index (κ3) is 8.40. The zero-order valence-corrected chi connectivity index (χ0v) is 24.7. The number of carboxylic acid groups (broad SMARTS) is 1. The first-order valence-corrected chi connectivity index (χ1v) is 13.0. The highest BCUT2D eigenvalue weighted by Gasteiger charge is 2.56. The minimum atomic E-state index is -1.01. The molecule has 11 nitrogen and oxygen atoms in total. The summed E-state index contributed by atoms with van der Waals surface area (Å²) in [5, 5.41) is 28.1. The second kappa shape index (κ2) is 13.8. The molecule has 12 heteroatoms. The van der Waals surface area contributed by atoms with Gasteiger partial charge >= 0.3 is 5.97 Å². The Morgan fingerprint density at radius 1 is 1.21 bits per heavy atom. The molecule has 0 aliphatic carbocycles. The average molecular weight is 578 g/mol. The number of carbonyl (C=O) groups is 1. The Balaban J connectivity index is 0.000000272. The molecule has 3 aliphatic heterocycles. The largest absolute Gasteiger partial charge is 0.495 e. The van der Waals surface area contributed by atoms with E-state index in [1.807, 2.05) is 41.8 Å². The van der Waals surface area contributed by atoms with Gasteiger partial charge in [-0.25, -0.2) is 4.79 Å². The number of hydrogen-bond acceptors (Lipinski definition) is 10. The van der Waals surface area contributed by atoms with Gasteiger partial charge in [-0.3, -0.25) is 0 Å². The van der Waals surface area contributed by atoms with Gasteiger partial charge in [0.15, 0.2) is 12.1 Å². The van der Waals surface area contributed by atoms with Gasteiger partial charge in [0.05, 0.1) is 13.7 Å². The number of halogens is 1. The Morgan fingerprint density at radius 3 is 2.49 bits per heavy atom. The maximum absolute atomic E-state index is 11.1. The van der Waals surface area contributed by atoms with Gasteiger partial charge < -0.3 is 48.6 Å². The van der Waals surface area contributed by atoms with Gasteiger partial charge in [-0.05, 0) is 79.7 Å². The third-order valence-electron chi connectivity index (χ3n) is 6.67. The molecule has 2 saturated heterocycles. The molecule has 0 saturated carbocycles. The van der Waals surface area contributed by atoms with E-state index in [1.165, 1.54) is 13.2 Å². The molecular formula is C27H44ClNO10. The lowest BCUT2D eigenvalue weighted by Gasteiger charge is -2.33. The number of rotatable bonds is 9. The Labute approximate surface area is 236 Å². The van der Waals surface area contributed by atoms with Crippen molar-refractivity contribution in [1.29, 1.82) is 0 Å².